The topological polar surface area (TPSA) is 87.7 Å². The SMILES string of the molecule is COC1CC(NC(=O)NCCc2cccc(C(=O)O)c2)C1. The Morgan fingerprint density at radius 3 is 2.81 bits per heavy atom. The van der Waals surface area contributed by atoms with Crippen LogP contribution in [0.1, 0.15) is 28.8 Å². The summed E-state index contributed by atoms with van der Waals surface area (Å²) in [5.41, 5.74) is 1.15. The monoisotopic (exact) mass is 292 g/mol. The van der Waals surface area contributed by atoms with Crippen LogP contribution in [0.25, 0.3) is 0 Å². The number of aromatic carboxylic acids is 1. The van der Waals surface area contributed by atoms with Gasteiger partial charge in [-0.05, 0) is 37.0 Å². The minimum absolute atomic E-state index is 0.185. The number of ether oxygens (including phenoxy) is 1. The number of hydrogen-bond acceptors (Lipinski definition) is 3. The zero-order valence-corrected chi connectivity index (χ0v) is 12.0. The molecule has 6 nitrogen and oxygen atoms in total. The number of hydrogen-bond donors (Lipinski definition) is 3. The van der Waals surface area contributed by atoms with E-state index in [1.807, 2.05) is 6.07 Å². The average molecular weight is 292 g/mol. The highest BCUT2D eigenvalue weighted by Gasteiger charge is 2.29. The van der Waals surface area contributed by atoms with Gasteiger partial charge in [-0.15, -0.1) is 0 Å². The molecule has 1 saturated carbocycles. The lowest BCUT2D eigenvalue weighted by molar-refractivity contribution is 0.0206. The molecule has 0 aliphatic heterocycles. The van der Waals surface area contributed by atoms with Crippen molar-refractivity contribution in [3.05, 3.63) is 35.4 Å². The van der Waals surface area contributed by atoms with Gasteiger partial charge in [0.15, 0.2) is 0 Å². The third kappa shape index (κ3) is 4.46. The van der Waals surface area contributed by atoms with Crippen LogP contribution in [0.5, 0.6) is 0 Å². The third-order valence-corrected chi connectivity index (χ3v) is 3.64. The summed E-state index contributed by atoms with van der Waals surface area (Å²) in [6, 6.07) is 6.72. The third-order valence-electron chi connectivity index (χ3n) is 3.64. The van der Waals surface area contributed by atoms with Crippen LogP contribution in [0.15, 0.2) is 24.3 Å². The molecule has 0 aromatic heterocycles. The van der Waals surface area contributed by atoms with Gasteiger partial charge in [-0.3, -0.25) is 0 Å². The second-order valence-electron chi connectivity index (χ2n) is 5.18. The van der Waals surface area contributed by atoms with Gasteiger partial charge >= 0.3 is 12.0 Å². The van der Waals surface area contributed by atoms with Crippen LogP contribution in [-0.4, -0.2) is 42.9 Å². The fourth-order valence-corrected chi connectivity index (χ4v) is 2.29. The molecule has 1 aliphatic rings. The molecule has 2 rings (SSSR count). The Morgan fingerprint density at radius 1 is 1.38 bits per heavy atom. The van der Waals surface area contributed by atoms with E-state index in [-0.39, 0.29) is 23.7 Å². The molecule has 0 heterocycles. The smallest absolute Gasteiger partial charge is 0.335 e. The van der Waals surface area contributed by atoms with E-state index in [0.717, 1.165) is 18.4 Å². The van der Waals surface area contributed by atoms with E-state index in [1.54, 1.807) is 25.3 Å². The zero-order valence-electron chi connectivity index (χ0n) is 12.0. The van der Waals surface area contributed by atoms with Crippen LogP contribution >= 0.6 is 0 Å². The first-order valence-corrected chi connectivity index (χ1v) is 6.98. The van der Waals surface area contributed by atoms with Crippen LogP contribution in [0.2, 0.25) is 0 Å². The van der Waals surface area contributed by atoms with Crippen molar-refractivity contribution in [1.82, 2.24) is 10.6 Å². The highest BCUT2D eigenvalue weighted by molar-refractivity contribution is 5.87. The molecule has 1 aromatic carbocycles. The number of nitrogens with one attached hydrogen (secondary N) is 2. The van der Waals surface area contributed by atoms with Crippen molar-refractivity contribution >= 4 is 12.0 Å². The number of carboxylic acids is 1. The number of benzene rings is 1. The fraction of sp³-hybridized carbons (Fsp3) is 0.467. The summed E-state index contributed by atoms with van der Waals surface area (Å²) in [6.45, 7) is 0.468. The maximum Gasteiger partial charge on any atom is 0.335 e. The fourth-order valence-electron chi connectivity index (χ4n) is 2.29. The van der Waals surface area contributed by atoms with Crippen LogP contribution in [-0.2, 0) is 11.2 Å². The van der Waals surface area contributed by atoms with Crippen LogP contribution < -0.4 is 10.6 Å². The predicted octanol–water partition coefficient (Wildman–Crippen LogP) is 1.40. The molecule has 1 fully saturated rings. The quantitative estimate of drug-likeness (QED) is 0.739. The number of methoxy groups -OCH3 is 1. The normalized spacial score (nSPS) is 20.4. The van der Waals surface area contributed by atoms with Crippen molar-refractivity contribution in [2.75, 3.05) is 13.7 Å². The molecule has 114 valence electrons. The summed E-state index contributed by atoms with van der Waals surface area (Å²) < 4.78 is 5.15. The van der Waals surface area contributed by atoms with Gasteiger partial charge in [0.25, 0.3) is 0 Å². The lowest BCUT2D eigenvalue weighted by Gasteiger charge is -2.34. The first kappa shape index (κ1) is 15.3. The first-order chi connectivity index (χ1) is 10.1. The second kappa shape index (κ2) is 7.08. The van der Waals surface area contributed by atoms with E-state index < -0.39 is 5.97 Å². The molecule has 2 amide bonds. The van der Waals surface area contributed by atoms with Crippen molar-refractivity contribution in [3.63, 3.8) is 0 Å². The largest absolute Gasteiger partial charge is 0.478 e. The molecule has 0 atom stereocenters. The molecule has 0 saturated heterocycles. The predicted molar refractivity (Wildman–Crippen MR) is 77.5 cm³/mol. The summed E-state index contributed by atoms with van der Waals surface area (Å²) in [5, 5.41) is 14.6. The van der Waals surface area contributed by atoms with Crippen molar-refractivity contribution < 1.29 is 19.4 Å². The summed E-state index contributed by atoms with van der Waals surface area (Å²) in [4.78, 5) is 22.5. The summed E-state index contributed by atoms with van der Waals surface area (Å²) >= 11 is 0. The molecule has 0 spiro atoms. The Bertz CT molecular complexity index is 512. The Labute approximate surface area is 123 Å². The minimum Gasteiger partial charge on any atom is -0.478 e. The van der Waals surface area contributed by atoms with Gasteiger partial charge < -0.3 is 20.5 Å². The maximum atomic E-state index is 11.6. The van der Waals surface area contributed by atoms with Gasteiger partial charge in [0.2, 0.25) is 0 Å². The van der Waals surface area contributed by atoms with Crippen LogP contribution in [0.4, 0.5) is 4.79 Å². The van der Waals surface area contributed by atoms with E-state index in [1.165, 1.54) is 0 Å². The number of rotatable bonds is 6. The summed E-state index contributed by atoms with van der Waals surface area (Å²) in [5.74, 6) is -0.944. The van der Waals surface area contributed by atoms with Gasteiger partial charge in [-0.1, -0.05) is 12.1 Å². The molecule has 21 heavy (non-hydrogen) atoms. The Morgan fingerprint density at radius 2 is 2.14 bits per heavy atom. The molecule has 3 N–H and O–H groups in total. The standard InChI is InChI=1S/C15H20N2O4/c1-21-13-8-12(9-13)17-15(20)16-6-5-10-3-2-4-11(7-10)14(18)19/h2-4,7,12-13H,5-6,8-9H2,1H3,(H,18,19)(H2,16,17,20). The summed E-state index contributed by atoms with van der Waals surface area (Å²) in [6.07, 6.45) is 2.56. The lowest BCUT2D eigenvalue weighted by atomic mass is 9.89. The Kier molecular flexibility index (Phi) is 5.16. The van der Waals surface area contributed by atoms with E-state index >= 15 is 0 Å². The van der Waals surface area contributed by atoms with Gasteiger partial charge in [-0.25, -0.2) is 9.59 Å². The number of carbonyl (C=O) groups is 2. The lowest BCUT2D eigenvalue weighted by Crippen LogP contribution is -2.50. The maximum absolute atomic E-state index is 11.6. The van der Waals surface area contributed by atoms with Crippen molar-refractivity contribution in [2.45, 2.75) is 31.4 Å². The van der Waals surface area contributed by atoms with Gasteiger partial charge in [0, 0.05) is 19.7 Å². The van der Waals surface area contributed by atoms with E-state index in [4.69, 9.17) is 9.84 Å². The van der Waals surface area contributed by atoms with Crippen molar-refractivity contribution in [1.29, 1.82) is 0 Å². The molecule has 6 heteroatoms. The van der Waals surface area contributed by atoms with Gasteiger partial charge in [0.1, 0.15) is 0 Å². The number of carbonyl (C=O) groups excluding carboxylic acids is 1. The molecule has 1 aliphatic carbocycles. The van der Waals surface area contributed by atoms with E-state index in [9.17, 15) is 9.59 Å². The molecule has 1 aromatic rings. The molecular weight excluding hydrogens is 272 g/mol. The van der Waals surface area contributed by atoms with Crippen LogP contribution in [0.3, 0.4) is 0 Å². The molecule has 0 bridgehead atoms. The zero-order chi connectivity index (χ0) is 15.2. The first-order valence-electron chi connectivity index (χ1n) is 6.98. The van der Waals surface area contributed by atoms with Crippen LogP contribution in [0, 0.1) is 0 Å². The Balaban J connectivity index is 1.68. The summed E-state index contributed by atoms with van der Waals surface area (Å²) in [7, 11) is 1.67. The number of amides is 2. The van der Waals surface area contributed by atoms with E-state index in [0.29, 0.717) is 13.0 Å². The highest BCUT2D eigenvalue weighted by atomic mass is 16.5. The van der Waals surface area contributed by atoms with Crippen molar-refractivity contribution in [2.24, 2.45) is 0 Å². The molecule has 0 radical (unpaired) electrons. The highest BCUT2D eigenvalue weighted by Crippen LogP contribution is 2.22. The number of urea groups is 1. The number of carboxylic acid groups (broad SMARTS) is 1. The van der Waals surface area contributed by atoms with Gasteiger partial charge in [-0.2, -0.15) is 0 Å². The van der Waals surface area contributed by atoms with E-state index in [2.05, 4.69) is 10.6 Å². The average Bonchev–Trinajstić information content (AvgIpc) is 2.42. The Hall–Kier alpha value is -2.08. The molecular formula is C15H20N2O4. The van der Waals surface area contributed by atoms with Crippen molar-refractivity contribution in [3.8, 4) is 0 Å². The second-order valence-corrected chi connectivity index (χ2v) is 5.18. The molecule has 0 unspecified atom stereocenters. The van der Waals surface area contributed by atoms with Gasteiger partial charge in [0.05, 0.1) is 11.7 Å². The minimum atomic E-state index is -0.944.